The van der Waals surface area contributed by atoms with Gasteiger partial charge < -0.3 is 16.4 Å². The molecule has 0 heterocycles. The lowest BCUT2D eigenvalue weighted by molar-refractivity contribution is -0.138. The molecule has 0 unspecified atom stereocenters. The number of hydrogen-bond acceptors (Lipinski definition) is 3. The predicted molar refractivity (Wildman–Crippen MR) is 104 cm³/mol. The van der Waals surface area contributed by atoms with Crippen LogP contribution in [0.3, 0.4) is 0 Å². The van der Waals surface area contributed by atoms with Crippen molar-refractivity contribution in [2.45, 2.75) is 38.0 Å². The van der Waals surface area contributed by atoms with Gasteiger partial charge in [0.05, 0.1) is 5.56 Å². The van der Waals surface area contributed by atoms with Crippen molar-refractivity contribution >= 4 is 17.7 Å². The first kappa shape index (κ1) is 22.9. The predicted octanol–water partition coefficient (Wildman–Crippen LogP) is 1.97. The summed E-state index contributed by atoms with van der Waals surface area (Å²) >= 11 is 0. The van der Waals surface area contributed by atoms with E-state index in [-0.39, 0.29) is 12.0 Å². The average molecular weight is 421 g/mol. The lowest BCUT2D eigenvalue weighted by atomic mass is 9.98. The zero-order valence-electron chi connectivity index (χ0n) is 16.2. The van der Waals surface area contributed by atoms with E-state index in [0.717, 1.165) is 11.6 Å². The molecular weight excluding hydrogens is 399 g/mol. The normalized spacial score (nSPS) is 13.2. The molecule has 2 atom stereocenters. The van der Waals surface area contributed by atoms with Gasteiger partial charge in [-0.3, -0.25) is 14.4 Å². The average Bonchev–Trinajstić information content (AvgIpc) is 2.67. The molecule has 0 saturated carbocycles. The summed E-state index contributed by atoms with van der Waals surface area (Å²) in [7, 11) is 0. The van der Waals surface area contributed by atoms with Crippen molar-refractivity contribution in [2.24, 2.45) is 5.73 Å². The number of carbonyl (C=O) groups is 3. The molecule has 6 nitrogen and oxygen atoms in total. The third-order valence-corrected chi connectivity index (χ3v) is 4.38. The van der Waals surface area contributed by atoms with E-state index in [1.165, 1.54) is 25.1 Å². The Labute approximate surface area is 171 Å². The summed E-state index contributed by atoms with van der Waals surface area (Å²) in [5.74, 6) is -2.17. The van der Waals surface area contributed by atoms with Crippen molar-refractivity contribution in [3.63, 3.8) is 0 Å². The van der Waals surface area contributed by atoms with Crippen molar-refractivity contribution in [1.82, 2.24) is 10.6 Å². The van der Waals surface area contributed by atoms with Crippen LogP contribution in [0.25, 0.3) is 0 Å². The SMILES string of the molecule is CC(=O)N[C@@H](Cc1ccccc1)C(=O)N[C@H](Cc1ccccc1C(F)(F)F)C(N)=O. The number of alkyl halides is 3. The maximum Gasteiger partial charge on any atom is 0.416 e. The van der Waals surface area contributed by atoms with Crippen LogP contribution in [0.1, 0.15) is 23.6 Å². The molecule has 0 aliphatic carbocycles. The number of amides is 3. The van der Waals surface area contributed by atoms with Gasteiger partial charge in [-0.05, 0) is 17.2 Å². The lowest BCUT2D eigenvalue weighted by Gasteiger charge is -2.23. The highest BCUT2D eigenvalue weighted by Gasteiger charge is 2.34. The topological polar surface area (TPSA) is 101 Å². The summed E-state index contributed by atoms with van der Waals surface area (Å²) in [6, 6.07) is 11.2. The Balaban J connectivity index is 2.21. The van der Waals surface area contributed by atoms with Crippen LogP contribution >= 0.6 is 0 Å². The summed E-state index contributed by atoms with van der Waals surface area (Å²) in [4.78, 5) is 36.1. The first-order valence-corrected chi connectivity index (χ1v) is 9.13. The van der Waals surface area contributed by atoms with Crippen molar-refractivity contribution in [2.75, 3.05) is 0 Å². The van der Waals surface area contributed by atoms with E-state index in [0.29, 0.717) is 0 Å². The summed E-state index contributed by atoms with van der Waals surface area (Å²) in [6.07, 6.45) is -4.92. The maximum absolute atomic E-state index is 13.2. The van der Waals surface area contributed by atoms with Gasteiger partial charge in [0.15, 0.2) is 0 Å². The smallest absolute Gasteiger partial charge is 0.368 e. The maximum atomic E-state index is 13.2. The number of rotatable bonds is 8. The number of halogens is 3. The second-order valence-electron chi connectivity index (χ2n) is 6.77. The molecule has 160 valence electrons. The zero-order valence-corrected chi connectivity index (χ0v) is 16.2. The third-order valence-electron chi connectivity index (χ3n) is 4.38. The molecular formula is C21H22F3N3O3. The van der Waals surface area contributed by atoms with Crippen LogP contribution in [0.4, 0.5) is 13.2 Å². The molecule has 9 heteroatoms. The molecule has 0 spiro atoms. The molecule has 4 N–H and O–H groups in total. The Hall–Kier alpha value is -3.36. The van der Waals surface area contributed by atoms with Gasteiger partial charge in [-0.2, -0.15) is 13.2 Å². The third kappa shape index (κ3) is 6.61. The Morgan fingerprint density at radius 3 is 2.07 bits per heavy atom. The Bertz CT molecular complexity index is 901. The van der Waals surface area contributed by atoms with Gasteiger partial charge in [0, 0.05) is 19.8 Å². The molecule has 0 aliphatic heterocycles. The Morgan fingerprint density at radius 2 is 1.50 bits per heavy atom. The number of primary amides is 1. The van der Waals surface area contributed by atoms with E-state index in [1.54, 1.807) is 30.3 Å². The van der Waals surface area contributed by atoms with Gasteiger partial charge in [0.2, 0.25) is 17.7 Å². The van der Waals surface area contributed by atoms with Gasteiger partial charge in [-0.15, -0.1) is 0 Å². The fourth-order valence-electron chi connectivity index (χ4n) is 2.99. The molecule has 30 heavy (non-hydrogen) atoms. The molecule has 0 radical (unpaired) electrons. The number of carbonyl (C=O) groups excluding carboxylic acids is 3. The Kier molecular flexibility index (Phi) is 7.57. The molecule has 0 saturated heterocycles. The van der Waals surface area contributed by atoms with Crippen LogP contribution < -0.4 is 16.4 Å². The van der Waals surface area contributed by atoms with Crippen LogP contribution in [-0.4, -0.2) is 29.8 Å². The summed E-state index contributed by atoms with van der Waals surface area (Å²) in [6.45, 7) is 1.23. The number of nitrogens with two attached hydrogens (primary N) is 1. The summed E-state index contributed by atoms with van der Waals surface area (Å²) in [5, 5.41) is 4.86. The highest BCUT2D eigenvalue weighted by molar-refractivity contribution is 5.91. The summed E-state index contributed by atoms with van der Waals surface area (Å²) in [5.41, 5.74) is 5.00. The van der Waals surface area contributed by atoms with E-state index < -0.39 is 48.0 Å². The quantitative estimate of drug-likeness (QED) is 0.607. The number of hydrogen-bond donors (Lipinski definition) is 3. The largest absolute Gasteiger partial charge is 0.416 e. The van der Waals surface area contributed by atoms with Gasteiger partial charge in [0.25, 0.3) is 0 Å². The molecule has 2 aromatic carbocycles. The zero-order chi connectivity index (χ0) is 22.3. The van der Waals surface area contributed by atoms with E-state index in [1.807, 2.05) is 0 Å². The van der Waals surface area contributed by atoms with Gasteiger partial charge in [-0.1, -0.05) is 48.5 Å². The van der Waals surface area contributed by atoms with Crippen LogP contribution in [0, 0.1) is 0 Å². The van der Waals surface area contributed by atoms with Gasteiger partial charge in [-0.25, -0.2) is 0 Å². The fraction of sp³-hybridized carbons (Fsp3) is 0.286. The molecule has 2 aromatic rings. The van der Waals surface area contributed by atoms with Gasteiger partial charge in [0.1, 0.15) is 12.1 Å². The fourth-order valence-corrected chi connectivity index (χ4v) is 2.99. The van der Waals surface area contributed by atoms with Crippen LogP contribution in [0.5, 0.6) is 0 Å². The minimum Gasteiger partial charge on any atom is -0.368 e. The monoisotopic (exact) mass is 421 g/mol. The molecule has 0 fully saturated rings. The standard InChI is InChI=1S/C21H22F3N3O3/c1-13(28)26-18(11-14-7-3-2-4-8-14)20(30)27-17(19(25)29)12-15-9-5-6-10-16(15)21(22,23)24/h2-10,17-18H,11-12H2,1H3,(H2,25,29)(H,26,28)(H,27,30)/t17-,18+/m1/s1. The first-order chi connectivity index (χ1) is 14.1. The van der Waals surface area contributed by atoms with Crippen LogP contribution in [0.2, 0.25) is 0 Å². The van der Waals surface area contributed by atoms with Crippen molar-refractivity contribution in [1.29, 1.82) is 0 Å². The number of benzene rings is 2. The molecule has 3 amide bonds. The van der Waals surface area contributed by atoms with E-state index >= 15 is 0 Å². The minimum absolute atomic E-state index is 0.136. The van der Waals surface area contributed by atoms with Crippen molar-refractivity contribution in [3.05, 3.63) is 71.3 Å². The lowest BCUT2D eigenvalue weighted by Crippen LogP contribution is -2.54. The van der Waals surface area contributed by atoms with Gasteiger partial charge >= 0.3 is 6.18 Å². The van der Waals surface area contributed by atoms with Crippen LogP contribution in [-0.2, 0) is 33.4 Å². The Morgan fingerprint density at radius 1 is 0.900 bits per heavy atom. The molecule has 0 bridgehead atoms. The highest BCUT2D eigenvalue weighted by Crippen LogP contribution is 2.32. The second-order valence-corrected chi connectivity index (χ2v) is 6.77. The second kappa shape index (κ2) is 9.91. The highest BCUT2D eigenvalue weighted by atomic mass is 19.4. The van der Waals surface area contributed by atoms with Crippen molar-refractivity contribution in [3.8, 4) is 0 Å². The molecule has 0 aliphatic rings. The van der Waals surface area contributed by atoms with Crippen LogP contribution in [0.15, 0.2) is 54.6 Å². The summed E-state index contributed by atoms with van der Waals surface area (Å²) < 4.78 is 39.7. The minimum atomic E-state index is -4.62. The van der Waals surface area contributed by atoms with E-state index in [9.17, 15) is 27.6 Å². The molecule has 0 aromatic heterocycles. The first-order valence-electron chi connectivity index (χ1n) is 9.13. The van der Waals surface area contributed by atoms with Crippen molar-refractivity contribution < 1.29 is 27.6 Å². The van der Waals surface area contributed by atoms with E-state index in [2.05, 4.69) is 10.6 Å². The van der Waals surface area contributed by atoms with E-state index in [4.69, 9.17) is 5.73 Å². The number of nitrogens with one attached hydrogen (secondary N) is 2. The molecule has 2 rings (SSSR count).